The van der Waals surface area contributed by atoms with Gasteiger partial charge in [-0.15, -0.1) is 0 Å². The number of nitrogens with one attached hydrogen (secondary N) is 1. The normalized spacial score (nSPS) is 14.2. The lowest BCUT2D eigenvalue weighted by atomic mass is 9.71. The Bertz CT molecular complexity index is 1810. The Morgan fingerprint density at radius 1 is 0.911 bits per heavy atom. The second kappa shape index (κ2) is 12.5. The van der Waals surface area contributed by atoms with E-state index < -0.39 is 18.2 Å². The van der Waals surface area contributed by atoms with Crippen molar-refractivity contribution in [3.63, 3.8) is 0 Å². The fourth-order valence-electron chi connectivity index (χ4n) is 5.31. The number of amides is 1. The summed E-state index contributed by atoms with van der Waals surface area (Å²) in [6.45, 7) is 10.8. The molecule has 0 saturated heterocycles. The SMILES string of the molecule is CC(C)(C)c1ccc(OC(=O)Nc2ccc(C3=CCC(C)(C)c4cc(C(O)C#Cc5ccc(C(=O)O)cc5)ccc43)cc2)cc1. The number of aliphatic hydroxyl groups is 1. The van der Waals surface area contributed by atoms with E-state index in [0.717, 1.165) is 34.2 Å². The Morgan fingerprint density at radius 3 is 2.20 bits per heavy atom. The van der Waals surface area contributed by atoms with E-state index in [4.69, 9.17) is 9.84 Å². The van der Waals surface area contributed by atoms with Crippen LogP contribution in [0.1, 0.15) is 90.9 Å². The lowest BCUT2D eigenvalue weighted by Gasteiger charge is -2.33. The number of hydrogen-bond donors (Lipinski definition) is 3. The van der Waals surface area contributed by atoms with Crippen LogP contribution in [0.3, 0.4) is 0 Å². The molecule has 1 amide bonds. The van der Waals surface area contributed by atoms with Crippen LogP contribution in [0, 0.1) is 11.8 Å². The molecule has 1 aliphatic carbocycles. The molecule has 0 heterocycles. The number of anilines is 1. The van der Waals surface area contributed by atoms with Crippen molar-refractivity contribution in [2.45, 2.75) is 58.0 Å². The molecular weight excluding hydrogens is 562 g/mol. The number of aliphatic hydroxyl groups excluding tert-OH is 1. The van der Waals surface area contributed by atoms with Gasteiger partial charge in [0.15, 0.2) is 0 Å². The molecule has 45 heavy (non-hydrogen) atoms. The maximum atomic E-state index is 12.5. The number of hydrogen-bond acceptors (Lipinski definition) is 4. The van der Waals surface area contributed by atoms with Gasteiger partial charge in [-0.05, 0) is 99.2 Å². The van der Waals surface area contributed by atoms with E-state index in [0.29, 0.717) is 22.6 Å². The highest BCUT2D eigenvalue weighted by Gasteiger charge is 2.29. The van der Waals surface area contributed by atoms with Gasteiger partial charge in [0.2, 0.25) is 0 Å². The second-order valence-corrected chi connectivity index (χ2v) is 12.9. The van der Waals surface area contributed by atoms with Gasteiger partial charge in [-0.3, -0.25) is 5.32 Å². The van der Waals surface area contributed by atoms with Gasteiger partial charge in [0.25, 0.3) is 0 Å². The first-order valence-corrected chi connectivity index (χ1v) is 14.9. The van der Waals surface area contributed by atoms with Crippen LogP contribution in [0.2, 0.25) is 0 Å². The van der Waals surface area contributed by atoms with Gasteiger partial charge >= 0.3 is 12.1 Å². The minimum absolute atomic E-state index is 0.0194. The highest BCUT2D eigenvalue weighted by molar-refractivity contribution is 5.88. The van der Waals surface area contributed by atoms with Gasteiger partial charge in [-0.2, -0.15) is 0 Å². The van der Waals surface area contributed by atoms with E-state index in [1.807, 2.05) is 54.6 Å². The number of fused-ring (bicyclic) bond motifs is 1. The van der Waals surface area contributed by atoms with Crippen LogP contribution >= 0.6 is 0 Å². The number of carboxylic acids is 1. The topological polar surface area (TPSA) is 95.9 Å². The van der Waals surface area contributed by atoms with Crippen molar-refractivity contribution in [2.24, 2.45) is 0 Å². The average Bonchev–Trinajstić information content (AvgIpc) is 3.00. The average molecular weight is 600 g/mol. The van der Waals surface area contributed by atoms with Crippen LogP contribution in [0.25, 0.3) is 5.57 Å². The molecule has 1 aliphatic rings. The molecule has 0 radical (unpaired) electrons. The first-order chi connectivity index (χ1) is 21.3. The van der Waals surface area contributed by atoms with E-state index in [2.05, 4.69) is 57.9 Å². The Hall–Kier alpha value is -5.12. The van der Waals surface area contributed by atoms with Crippen molar-refractivity contribution in [1.82, 2.24) is 0 Å². The number of allylic oxidation sites excluding steroid dienone is 1. The number of benzene rings is 4. The fraction of sp³-hybridized carbons (Fsp3) is 0.231. The molecule has 5 rings (SSSR count). The summed E-state index contributed by atoms with van der Waals surface area (Å²) in [7, 11) is 0. The largest absolute Gasteiger partial charge is 0.478 e. The summed E-state index contributed by atoms with van der Waals surface area (Å²) >= 11 is 0. The number of carboxylic acid groups (broad SMARTS) is 1. The highest BCUT2D eigenvalue weighted by Crippen LogP contribution is 2.42. The molecule has 0 saturated carbocycles. The summed E-state index contributed by atoms with van der Waals surface area (Å²) in [4.78, 5) is 23.6. The minimum Gasteiger partial charge on any atom is -0.478 e. The maximum absolute atomic E-state index is 12.5. The monoisotopic (exact) mass is 599 g/mol. The predicted octanol–water partition coefficient (Wildman–Crippen LogP) is 8.49. The molecule has 0 fully saturated rings. The minimum atomic E-state index is -0.999. The van der Waals surface area contributed by atoms with Crippen LogP contribution in [0.15, 0.2) is 97.1 Å². The molecule has 4 aromatic rings. The summed E-state index contributed by atoms with van der Waals surface area (Å²) in [5, 5.41) is 22.8. The van der Waals surface area contributed by atoms with Gasteiger partial charge < -0.3 is 14.9 Å². The van der Waals surface area contributed by atoms with Gasteiger partial charge in [0, 0.05) is 11.3 Å². The molecular formula is C39H37NO5. The molecule has 6 heteroatoms. The Morgan fingerprint density at radius 2 is 1.58 bits per heavy atom. The molecule has 228 valence electrons. The van der Waals surface area contributed by atoms with Crippen LogP contribution in [-0.4, -0.2) is 22.3 Å². The zero-order chi connectivity index (χ0) is 32.4. The van der Waals surface area contributed by atoms with E-state index in [9.17, 15) is 14.7 Å². The second-order valence-electron chi connectivity index (χ2n) is 12.9. The van der Waals surface area contributed by atoms with Crippen LogP contribution in [0.5, 0.6) is 5.75 Å². The number of aromatic carboxylic acids is 1. The van der Waals surface area contributed by atoms with Crippen LogP contribution in [0.4, 0.5) is 10.5 Å². The van der Waals surface area contributed by atoms with E-state index in [1.165, 1.54) is 12.1 Å². The Labute approximate surface area is 264 Å². The molecule has 0 bridgehead atoms. The zero-order valence-electron chi connectivity index (χ0n) is 26.1. The zero-order valence-corrected chi connectivity index (χ0v) is 26.1. The van der Waals surface area contributed by atoms with Crippen molar-refractivity contribution in [1.29, 1.82) is 0 Å². The molecule has 0 spiro atoms. The quantitative estimate of drug-likeness (QED) is 0.200. The van der Waals surface area contributed by atoms with E-state index in [-0.39, 0.29) is 16.4 Å². The maximum Gasteiger partial charge on any atom is 0.417 e. The molecule has 4 aromatic carbocycles. The summed E-state index contributed by atoms with van der Waals surface area (Å²) < 4.78 is 5.48. The lowest BCUT2D eigenvalue weighted by molar-refractivity contribution is 0.0696. The van der Waals surface area contributed by atoms with Crippen LogP contribution in [-0.2, 0) is 10.8 Å². The summed E-state index contributed by atoms with van der Waals surface area (Å²) in [5.74, 6) is 5.31. The lowest BCUT2D eigenvalue weighted by Crippen LogP contribution is -2.22. The third kappa shape index (κ3) is 7.34. The van der Waals surface area contributed by atoms with Crippen LogP contribution < -0.4 is 10.1 Å². The predicted molar refractivity (Wildman–Crippen MR) is 178 cm³/mol. The first kappa shape index (κ1) is 31.3. The van der Waals surface area contributed by atoms with Gasteiger partial charge in [-0.25, -0.2) is 9.59 Å². The summed E-state index contributed by atoms with van der Waals surface area (Å²) in [6, 6.07) is 27.4. The van der Waals surface area contributed by atoms with Crippen molar-refractivity contribution in [3.8, 4) is 17.6 Å². The summed E-state index contributed by atoms with van der Waals surface area (Å²) in [6.07, 6.45) is 1.50. The molecule has 0 aliphatic heterocycles. The van der Waals surface area contributed by atoms with Gasteiger partial charge in [0.05, 0.1) is 5.56 Å². The van der Waals surface area contributed by atoms with Gasteiger partial charge in [-0.1, -0.05) is 95.0 Å². The molecule has 1 atom stereocenters. The van der Waals surface area contributed by atoms with Crippen molar-refractivity contribution >= 4 is 23.3 Å². The number of rotatable bonds is 5. The number of carbonyl (C=O) groups is 2. The number of carbonyl (C=O) groups excluding carboxylic acids is 1. The summed E-state index contributed by atoms with van der Waals surface area (Å²) in [5.41, 5.74) is 7.48. The van der Waals surface area contributed by atoms with Crippen molar-refractivity contribution in [2.75, 3.05) is 5.32 Å². The van der Waals surface area contributed by atoms with E-state index >= 15 is 0 Å². The first-order valence-electron chi connectivity index (χ1n) is 14.9. The third-order valence-corrected chi connectivity index (χ3v) is 8.05. The molecule has 3 N–H and O–H groups in total. The Balaban J connectivity index is 1.29. The Kier molecular flexibility index (Phi) is 8.68. The molecule has 0 aromatic heterocycles. The standard InChI is InChI=1S/C39H37NO5/c1-38(2,3)29-14-18-31(19-15-29)45-37(44)40-30-16-11-26(12-17-30)32-22-23-39(4,5)34-24-28(13-20-33(32)34)35(41)21-8-25-6-9-27(10-7-25)36(42)43/h6-7,9-20,22,24,35,41H,23H2,1-5H3,(H,40,44)(H,42,43). The fourth-order valence-corrected chi connectivity index (χ4v) is 5.31. The number of ether oxygens (including phenoxy) is 1. The smallest absolute Gasteiger partial charge is 0.417 e. The van der Waals surface area contributed by atoms with E-state index in [1.54, 1.807) is 24.3 Å². The highest BCUT2D eigenvalue weighted by atomic mass is 16.6. The van der Waals surface area contributed by atoms with Crippen molar-refractivity contribution in [3.05, 3.63) is 136 Å². The molecule has 1 unspecified atom stereocenters. The third-order valence-electron chi connectivity index (χ3n) is 8.05. The molecule has 6 nitrogen and oxygen atoms in total. The van der Waals surface area contributed by atoms with Gasteiger partial charge in [0.1, 0.15) is 11.9 Å². The van der Waals surface area contributed by atoms with Crippen molar-refractivity contribution < 1.29 is 24.5 Å².